The van der Waals surface area contributed by atoms with E-state index in [9.17, 15) is 9.59 Å². The molecule has 156 valence electrons. The predicted molar refractivity (Wildman–Crippen MR) is 109 cm³/mol. The second kappa shape index (κ2) is 20.7. The molecule has 0 aliphatic rings. The zero-order valence-corrected chi connectivity index (χ0v) is 20.2. The number of hydrogen-bond donors (Lipinski definition) is 2. The van der Waals surface area contributed by atoms with Gasteiger partial charge in [0.15, 0.2) is 5.92 Å². The van der Waals surface area contributed by atoms with Gasteiger partial charge in [-0.25, -0.2) is 0 Å². The summed E-state index contributed by atoms with van der Waals surface area (Å²) in [5, 5.41) is 18.3. The van der Waals surface area contributed by atoms with Crippen molar-refractivity contribution in [3.05, 3.63) is 0 Å². The molecule has 0 heterocycles. The number of carbonyl (C=O) groups is 2. The number of aliphatic carboxylic acids is 2. The van der Waals surface area contributed by atoms with Gasteiger partial charge in [-0.3, -0.25) is 9.59 Å². The zero-order valence-electron chi connectivity index (χ0n) is 19.2. The second-order valence-electron chi connectivity index (χ2n) is 7.80. The Labute approximate surface area is 190 Å². The van der Waals surface area contributed by atoms with Crippen molar-refractivity contribution in [1.29, 1.82) is 0 Å². The van der Waals surface area contributed by atoms with Gasteiger partial charge in [-0.2, -0.15) is 0 Å². The Bertz CT molecular complexity index is 352. The van der Waals surface area contributed by atoms with Gasteiger partial charge in [0.25, 0.3) is 0 Å². The molecule has 5 heteroatoms. The molecule has 0 spiro atoms. The third-order valence-corrected chi connectivity index (χ3v) is 5.35. The Balaban J connectivity index is -0.00000312. The SMILES string of the molecule is CCCCCCCCCCCCC(CCCCC)CC(C(=O)O)C(=O)O.[H-].[Na+]. The van der Waals surface area contributed by atoms with Crippen LogP contribution in [0.3, 0.4) is 0 Å². The van der Waals surface area contributed by atoms with Crippen molar-refractivity contribution in [2.75, 3.05) is 0 Å². The number of carboxylic acid groups (broad SMARTS) is 2. The van der Waals surface area contributed by atoms with E-state index in [1.165, 1.54) is 57.8 Å². The fraction of sp³-hybridized carbons (Fsp3) is 0.909. The molecule has 0 aliphatic heterocycles. The van der Waals surface area contributed by atoms with E-state index in [0.29, 0.717) is 0 Å². The minimum absolute atomic E-state index is 0. The summed E-state index contributed by atoms with van der Waals surface area (Å²) in [5.74, 6) is -3.40. The van der Waals surface area contributed by atoms with Crippen LogP contribution in [-0.4, -0.2) is 22.2 Å². The third-order valence-electron chi connectivity index (χ3n) is 5.35. The summed E-state index contributed by atoms with van der Waals surface area (Å²) in [6.07, 6.45) is 18.4. The van der Waals surface area contributed by atoms with Crippen molar-refractivity contribution in [3.63, 3.8) is 0 Å². The van der Waals surface area contributed by atoms with Crippen molar-refractivity contribution in [1.82, 2.24) is 0 Å². The minimum Gasteiger partial charge on any atom is -1.00 e. The quantitative estimate of drug-likeness (QED) is 0.199. The van der Waals surface area contributed by atoms with E-state index in [1.54, 1.807) is 0 Å². The Morgan fingerprint density at radius 3 is 1.41 bits per heavy atom. The number of unbranched alkanes of at least 4 members (excludes halogenated alkanes) is 11. The van der Waals surface area contributed by atoms with Crippen LogP contribution in [0.1, 0.15) is 118 Å². The molecule has 0 aromatic carbocycles. The molecule has 0 saturated heterocycles. The van der Waals surface area contributed by atoms with Crippen LogP contribution in [0.4, 0.5) is 0 Å². The zero-order chi connectivity index (χ0) is 19.6. The van der Waals surface area contributed by atoms with E-state index in [1.807, 2.05) is 0 Å². The van der Waals surface area contributed by atoms with E-state index in [0.717, 1.165) is 38.5 Å². The maximum atomic E-state index is 11.2. The van der Waals surface area contributed by atoms with Crippen molar-refractivity contribution in [3.8, 4) is 0 Å². The van der Waals surface area contributed by atoms with Crippen LogP contribution in [0.5, 0.6) is 0 Å². The Morgan fingerprint density at radius 2 is 1.00 bits per heavy atom. The molecular weight excluding hydrogens is 351 g/mol. The summed E-state index contributed by atoms with van der Waals surface area (Å²) in [6.45, 7) is 4.39. The molecule has 27 heavy (non-hydrogen) atoms. The number of carboxylic acids is 2. The van der Waals surface area contributed by atoms with Gasteiger partial charge in [-0.15, -0.1) is 0 Å². The summed E-state index contributed by atoms with van der Waals surface area (Å²) in [5.41, 5.74) is 0. The fourth-order valence-corrected chi connectivity index (χ4v) is 3.62. The minimum atomic E-state index is -1.25. The fourth-order valence-electron chi connectivity index (χ4n) is 3.62. The molecule has 0 rings (SSSR count). The Hall–Kier alpha value is -0.0600. The van der Waals surface area contributed by atoms with Crippen LogP contribution in [0, 0.1) is 11.8 Å². The molecular formula is C22H43NaO4. The van der Waals surface area contributed by atoms with Crippen LogP contribution in [-0.2, 0) is 9.59 Å². The van der Waals surface area contributed by atoms with Gasteiger partial charge in [-0.05, 0) is 12.3 Å². The van der Waals surface area contributed by atoms with Crippen molar-refractivity contribution in [2.24, 2.45) is 11.8 Å². The molecule has 4 nitrogen and oxygen atoms in total. The molecule has 0 radical (unpaired) electrons. The van der Waals surface area contributed by atoms with Crippen LogP contribution in [0.15, 0.2) is 0 Å². The smallest absolute Gasteiger partial charge is 1.00 e. The molecule has 2 N–H and O–H groups in total. The first-order valence-electron chi connectivity index (χ1n) is 11.0. The maximum absolute atomic E-state index is 11.2. The maximum Gasteiger partial charge on any atom is 1.00 e. The summed E-state index contributed by atoms with van der Waals surface area (Å²) in [7, 11) is 0. The molecule has 0 aromatic rings. The summed E-state index contributed by atoms with van der Waals surface area (Å²) >= 11 is 0. The topological polar surface area (TPSA) is 74.6 Å². The first-order valence-corrected chi connectivity index (χ1v) is 11.0. The van der Waals surface area contributed by atoms with Crippen molar-refractivity contribution < 1.29 is 50.8 Å². The molecule has 0 fully saturated rings. The summed E-state index contributed by atoms with van der Waals surface area (Å²) in [4.78, 5) is 22.3. The average molecular weight is 395 g/mol. The van der Waals surface area contributed by atoms with Gasteiger partial charge in [0.05, 0.1) is 0 Å². The standard InChI is InChI=1S/C22H42O4.Na.H/c1-3-5-7-8-9-10-11-12-13-15-17-19(16-14-6-4-2)18-20(21(23)24)22(25)26;;/h19-20H,3-18H2,1-2H3,(H,23,24)(H,25,26);;/q;+1;-1. The van der Waals surface area contributed by atoms with E-state index in [2.05, 4.69) is 13.8 Å². The molecule has 1 atom stereocenters. The first-order chi connectivity index (χ1) is 12.5. The largest absolute Gasteiger partial charge is 1.00 e. The van der Waals surface area contributed by atoms with E-state index >= 15 is 0 Å². The second-order valence-corrected chi connectivity index (χ2v) is 7.80. The number of rotatable bonds is 19. The van der Waals surface area contributed by atoms with Gasteiger partial charge in [-0.1, -0.05) is 110 Å². The molecule has 0 amide bonds. The van der Waals surface area contributed by atoms with Gasteiger partial charge < -0.3 is 11.6 Å². The predicted octanol–water partition coefficient (Wildman–Crippen LogP) is 3.79. The Morgan fingerprint density at radius 1 is 0.667 bits per heavy atom. The summed E-state index contributed by atoms with van der Waals surface area (Å²) < 4.78 is 0. The average Bonchev–Trinajstić information content (AvgIpc) is 2.60. The van der Waals surface area contributed by atoms with Gasteiger partial charge in [0.1, 0.15) is 0 Å². The van der Waals surface area contributed by atoms with Gasteiger partial charge in [0, 0.05) is 0 Å². The molecule has 0 aliphatic carbocycles. The van der Waals surface area contributed by atoms with Crippen molar-refractivity contribution in [2.45, 2.75) is 117 Å². The molecule has 0 aromatic heterocycles. The monoisotopic (exact) mass is 394 g/mol. The van der Waals surface area contributed by atoms with Crippen LogP contribution < -0.4 is 29.6 Å². The first kappa shape index (κ1) is 29.1. The van der Waals surface area contributed by atoms with Gasteiger partial charge >= 0.3 is 41.5 Å². The van der Waals surface area contributed by atoms with Crippen LogP contribution in [0.25, 0.3) is 0 Å². The third kappa shape index (κ3) is 17.8. The van der Waals surface area contributed by atoms with E-state index in [-0.39, 0.29) is 43.3 Å². The van der Waals surface area contributed by atoms with Crippen LogP contribution >= 0.6 is 0 Å². The number of hydrogen-bond acceptors (Lipinski definition) is 2. The Kier molecular flexibility index (Phi) is 22.3. The molecule has 0 bridgehead atoms. The van der Waals surface area contributed by atoms with Crippen LogP contribution in [0.2, 0.25) is 0 Å². The van der Waals surface area contributed by atoms with Crippen molar-refractivity contribution >= 4 is 11.9 Å². The molecule has 1 unspecified atom stereocenters. The van der Waals surface area contributed by atoms with E-state index in [4.69, 9.17) is 10.2 Å². The van der Waals surface area contributed by atoms with Gasteiger partial charge in [0.2, 0.25) is 0 Å². The molecule has 0 saturated carbocycles. The normalized spacial score (nSPS) is 12.0. The van der Waals surface area contributed by atoms with E-state index < -0.39 is 17.9 Å². The summed E-state index contributed by atoms with van der Waals surface area (Å²) in [6, 6.07) is 0.